The Bertz CT molecular complexity index is 1400. The minimum absolute atomic E-state index is 0.0558. The summed E-state index contributed by atoms with van der Waals surface area (Å²) in [5.41, 5.74) is 3.00. The summed E-state index contributed by atoms with van der Waals surface area (Å²) in [7, 11) is 0. The van der Waals surface area contributed by atoms with E-state index >= 15 is 0 Å². The second kappa shape index (κ2) is 9.76. The summed E-state index contributed by atoms with van der Waals surface area (Å²) >= 11 is 3.08. The number of fused-ring (bicyclic) bond motifs is 3. The lowest BCUT2D eigenvalue weighted by atomic mass is 10.1. The highest BCUT2D eigenvalue weighted by molar-refractivity contribution is 7.99. The summed E-state index contributed by atoms with van der Waals surface area (Å²) in [4.78, 5) is 39.2. The molecule has 0 spiro atoms. The molecule has 9 heteroatoms. The van der Waals surface area contributed by atoms with Crippen LogP contribution in [0.5, 0.6) is 0 Å². The van der Waals surface area contributed by atoms with Gasteiger partial charge in [0.15, 0.2) is 0 Å². The van der Waals surface area contributed by atoms with Crippen molar-refractivity contribution in [3.05, 3.63) is 74.7 Å². The number of thiophene rings is 1. The first-order chi connectivity index (χ1) is 16.5. The molecule has 7 nitrogen and oxygen atoms in total. The van der Waals surface area contributed by atoms with Crippen molar-refractivity contribution in [1.82, 2.24) is 19.5 Å². The number of nitrogens with zero attached hydrogens (tertiary/aromatic N) is 3. The van der Waals surface area contributed by atoms with Gasteiger partial charge in [0.1, 0.15) is 16.5 Å². The predicted octanol–water partition coefficient (Wildman–Crippen LogP) is 4.71. The summed E-state index contributed by atoms with van der Waals surface area (Å²) < 4.78 is 2.13. The van der Waals surface area contributed by atoms with Gasteiger partial charge < -0.3 is 14.9 Å². The molecule has 1 aliphatic rings. The number of benzene rings is 1. The number of H-pyrrole nitrogens is 1. The Kier molecular flexibility index (Phi) is 6.56. The van der Waals surface area contributed by atoms with E-state index in [2.05, 4.69) is 38.7 Å². The highest BCUT2D eigenvalue weighted by Crippen LogP contribution is 2.34. The van der Waals surface area contributed by atoms with E-state index in [1.807, 2.05) is 36.7 Å². The van der Waals surface area contributed by atoms with Crippen LogP contribution in [0, 0.1) is 0 Å². The van der Waals surface area contributed by atoms with Gasteiger partial charge in [0.05, 0.1) is 16.9 Å². The second-order valence-electron chi connectivity index (χ2n) is 8.86. The number of rotatable bonds is 8. The molecule has 34 heavy (non-hydrogen) atoms. The Balaban J connectivity index is 1.17. The van der Waals surface area contributed by atoms with Gasteiger partial charge in [-0.05, 0) is 42.5 Å². The van der Waals surface area contributed by atoms with Gasteiger partial charge in [-0.3, -0.25) is 9.59 Å². The molecule has 2 N–H and O–H groups in total. The summed E-state index contributed by atoms with van der Waals surface area (Å²) in [6.07, 6.45) is 6.94. The standard InChI is InChI=1S/C25H27N5O2S2/c1-15(2)23-26-9-10-30(23)12-16-5-3-6-17(11-16)27-21(31)14-33-13-20-28-24(32)22-18-7-4-8-19(18)34-25(22)29-20/h3,5-6,9-11,15H,4,7-8,12-14H2,1-2H3,(H,27,31)(H,28,29,32). The predicted molar refractivity (Wildman–Crippen MR) is 139 cm³/mol. The van der Waals surface area contributed by atoms with Crippen molar-refractivity contribution in [3.63, 3.8) is 0 Å². The van der Waals surface area contributed by atoms with Crippen molar-refractivity contribution < 1.29 is 4.79 Å². The first-order valence-electron chi connectivity index (χ1n) is 11.5. The number of aromatic amines is 1. The third kappa shape index (κ3) is 4.81. The Labute approximate surface area is 206 Å². The van der Waals surface area contributed by atoms with Gasteiger partial charge >= 0.3 is 0 Å². The lowest BCUT2D eigenvalue weighted by Crippen LogP contribution is -2.15. The van der Waals surface area contributed by atoms with E-state index < -0.39 is 0 Å². The third-order valence-electron chi connectivity index (χ3n) is 5.92. The van der Waals surface area contributed by atoms with Gasteiger partial charge in [0, 0.05) is 35.4 Å². The molecule has 3 heterocycles. The Morgan fingerprint density at radius 1 is 1.32 bits per heavy atom. The Morgan fingerprint density at radius 3 is 3.06 bits per heavy atom. The van der Waals surface area contributed by atoms with Gasteiger partial charge in [0.2, 0.25) is 5.91 Å². The molecule has 0 bridgehead atoms. The number of hydrogen-bond donors (Lipinski definition) is 2. The largest absolute Gasteiger partial charge is 0.330 e. The first kappa shape index (κ1) is 22.9. The molecule has 0 saturated heterocycles. The van der Waals surface area contributed by atoms with Crippen LogP contribution in [0.25, 0.3) is 10.2 Å². The maximum atomic E-state index is 12.6. The molecule has 0 unspecified atom stereocenters. The number of thioether (sulfide) groups is 1. The molecule has 4 aromatic rings. The van der Waals surface area contributed by atoms with E-state index in [1.54, 1.807) is 11.3 Å². The highest BCUT2D eigenvalue weighted by Gasteiger charge is 2.21. The topological polar surface area (TPSA) is 92.7 Å². The average Bonchev–Trinajstić information content (AvgIpc) is 3.50. The van der Waals surface area contributed by atoms with E-state index in [1.165, 1.54) is 22.2 Å². The molecule has 5 rings (SSSR count). The fourth-order valence-corrected chi connectivity index (χ4v) is 6.42. The monoisotopic (exact) mass is 493 g/mol. The molecule has 0 radical (unpaired) electrons. The van der Waals surface area contributed by atoms with Crippen LogP contribution in [0.2, 0.25) is 0 Å². The normalized spacial score (nSPS) is 13.0. The lowest BCUT2D eigenvalue weighted by molar-refractivity contribution is -0.113. The van der Waals surface area contributed by atoms with Crippen LogP contribution in [-0.4, -0.2) is 31.2 Å². The maximum Gasteiger partial charge on any atom is 0.259 e. The molecular formula is C25H27N5O2S2. The van der Waals surface area contributed by atoms with E-state index in [0.717, 1.165) is 46.6 Å². The van der Waals surface area contributed by atoms with Crippen molar-refractivity contribution in [2.24, 2.45) is 0 Å². The second-order valence-corrected chi connectivity index (χ2v) is 10.9. The summed E-state index contributed by atoms with van der Waals surface area (Å²) in [6, 6.07) is 7.89. The molecule has 3 aromatic heterocycles. The molecule has 0 fully saturated rings. The summed E-state index contributed by atoms with van der Waals surface area (Å²) in [5.74, 6) is 2.71. The van der Waals surface area contributed by atoms with Crippen LogP contribution >= 0.6 is 23.1 Å². The average molecular weight is 494 g/mol. The van der Waals surface area contributed by atoms with Crippen molar-refractivity contribution in [2.75, 3.05) is 11.1 Å². The van der Waals surface area contributed by atoms with Crippen molar-refractivity contribution in [3.8, 4) is 0 Å². The molecule has 0 aliphatic heterocycles. The zero-order chi connectivity index (χ0) is 23.7. The van der Waals surface area contributed by atoms with Gasteiger partial charge in [-0.15, -0.1) is 23.1 Å². The lowest BCUT2D eigenvalue weighted by Gasteiger charge is -2.12. The molecule has 1 aromatic carbocycles. The highest BCUT2D eigenvalue weighted by atomic mass is 32.2. The molecule has 1 aliphatic carbocycles. The number of aryl methyl sites for hydroxylation is 2. The molecule has 0 atom stereocenters. The minimum Gasteiger partial charge on any atom is -0.330 e. The van der Waals surface area contributed by atoms with E-state index in [9.17, 15) is 9.59 Å². The smallest absolute Gasteiger partial charge is 0.259 e. The Hall–Kier alpha value is -2.91. The third-order valence-corrected chi connectivity index (χ3v) is 8.05. The fraction of sp³-hybridized carbons (Fsp3) is 0.360. The van der Waals surface area contributed by atoms with Crippen LogP contribution in [0.15, 0.2) is 41.5 Å². The fourth-order valence-electron chi connectivity index (χ4n) is 4.45. The zero-order valence-corrected chi connectivity index (χ0v) is 20.9. The number of nitrogens with one attached hydrogen (secondary N) is 2. The van der Waals surface area contributed by atoms with Gasteiger partial charge in [-0.1, -0.05) is 26.0 Å². The SMILES string of the molecule is CC(C)c1nccn1Cc1cccc(NC(=O)CSCc2nc3sc4c(c3c(=O)[nH]2)CCC4)c1. The van der Waals surface area contributed by atoms with Crippen LogP contribution in [0.3, 0.4) is 0 Å². The van der Waals surface area contributed by atoms with Crippen LogP contribution < -0.4 is 10.9 Å². The quantitative estimate of drug-likeness (QED) is 0.371. The molecule has 176 valence electrons. The van der Waals surface area contributed by atoms with E-state index in [4.69, 9.17) is 0 Å². The number of hydrogen-bond acceptors (Lipinski definition) is 6. The van der Waals surface area contributed by atoms with Crippen molar-refractivity contribution >= 4 is 44.9 Å². The molecule has 0 saturated carbocycles. The number of imidazole rings is 1. The van der Waals surface area contributed by atoms with E-state index in [0.29, 0.717) is 24.0 Å². The van der Waals surface area contributed by atoms with Crippen LogP contribution in [0.4, 0.5) is 5.69 Å². The van der Waals surface area contributed by atoms with Gasteiger partial charge in [-0.25, -0.2) is 9.97 Å². The zero-order valence-electron chi connectivity index (χ0n) is 19.3. The summed E-state index contributed by atoms with van der Waals surface area (Å²) in [6.45, 7) is 4.96. The molecular weight excluding hydrogens is 466 g/mol. The van der Waals surface area contributed by atoms with Crippen molar-refractivity contribution in [1.29, 1.82) is 0 Å². The van der Waals surface area contributed by atoms with Gasteiger partial charge in [-0.2, -0.15) is 0 Å². The van der Waals surface area contributed by atoms with Crippen molar-refractivity contribution in [2.45, 2.75) is 51.3 Å². The number of carbonyl (C=O) groups excluding carboxylic acids is 1. The summed E-state index contributed by atoms with van der Waals surface area (Å²) in [5, 5.41) is 3.74. The maximum absolute atomic E-state index is 12.6. The number of aromatic nitrogens is 4. The number of amides is 1. The van der Waals surface area contributed by atoms with Crippen LogP contribution in [0.1, 0.15) is 53.8 Å². The molecule has 1 amide bonds. The number of carbonyl (C=O) groups is 1. The minimum atomic E-state index is -0.0776. The van der Waals surface area contributed by atoms with Gasteiger partial charge in [0.25, 0.3) is 5.56 Å². The van der Waals surface area contributed by atoms with Crippen LogP contribution in [-0.2, 0) is 29.9 Å². The number of anilines is 1. The first-order valence-corrected chi connectivity index (χ1v) is 13.5. The van der Waals surface area contributed by atoms with E-state index in [-0.39, 0.29) is 17.2 Å². The Morgan fingerprint density at radius 2 is 2.21 bits per heavy atom.